The van der Waals surface area contributed by atoms with Gasteiger partial charge in [-0.2, -0.15) is 0 Å². The number of ether oxygens (including phenoxy) is 1. The monoisotopic (exact) mass is 417 g/mol. The van der Waals surface area contributed by atoms with Gasteiger partial charge in [0.2, 0.25) is 0 Å². The molecule has 21 heavy (non-hydrogen) atoms. The van der Waals surface area contributed by atoms with E-state index in [0.717, 1.165) is 11.3 Å². The zero-order valence-corrected chi connectivity index (χ0v) is 14.5. The maximum atomic E-state index is 13.2. The predicted molar refractivity (Wildman–Crippen MR) is 88.4 cm³/mol. The lowest BCUT2D eigenvalue weighted by Crippen LogP contribution is -2.03. The molecule has 112 valence electrons. The average molecular weight is 419 g/mol. The van der Waals surface area contributed by atoms with Crippen LogP contribution in [0.3, 0.4) is 0 Å². The maximum Gasteiger partial charge on any atom is 0.145 e. The second-order valence-corrected chi connectivity index (χ2v) is 6.04. The molecule has 3 nitrogen and oxygen atoms in total. The molecular formula is C15H14Br2FNO2. The maximum absolute atomic E-state index is 13.2. The number of anilines is 1. The molecular weight excluding hydrogens is 405 g/mol. The number of hydrogen-bond donors (Lipinski definition) is 2. The van der Waals surface area contributed by atoms with Crippen LogP contribution in [0.4, 0.5) is 10.1 Å². The topological polar surface area (TPSA) is 41.5 Å². The molecule has 0 aromatic heterocycles. The summed E-state index contributed by atoms with van der Waals surface area (Å²) >= 11 is 6.58. The molecule has 0 amide bonds. The fraction of sp³-hybridized carbons (Fsp3) is 0.200. The molecule has 0 fully saturated rings. The average Bonchev–Trinajstić information content (AvgIpc) is 2.44. The molecule has 6 heteroatoms. The van der Waals surface area contributed by atoms with Gasteiger partial charge in [-0.25, -0.2) is 4.39 Å². The normalized spacial score (nSPS) is 10.5. The smallest absolute Gasteiger partial charge is 0.145 e. The molecule has 0 saturated carbocycles. The summed E-state index contributed by atoms with van der Waals surface area (Å²) in [5.41, 5.74) is 1.68. The Morgan fingerprint density at radius 1 is 1.19 bits per heavy atom. The minimum Gasteiger partial charge on any atom is -0.506 e. The van der Waals surface area contributed by atoms with E-state index in [1.807, 2.05) is 19.1 Å². The number of hydrogen-bond acceptors (Lipinski definition) is 3. The van der Waals surface area contributed by atoms with Gasteiger partial charge in [-0.15, -0.1) is 0 Å². The molecule has 2 rings (SSSR count). The lowest BCUT2D eigenvalue weighted by atomic mass is 10.2. The SMILES string of the molecule is CCOc1cc(F)ccc1NCc1cc(Br)c(O)c(Br)c1. The molecule has 0 spiro atoms. The van der Waals surface area contributed by atoms with Crippen LogP contribution in [-0.4, -0.2) is 11.7 Å². The molecule has 0 radical (unpaired) electrons. The first-order valence-corrected chi connectivity index (χ1v) is 7.93. The first-order valence-electron chi connectivity index (χ1n) is 6.34. The van der Waals surface area contributed by atoms with Gasteiger partial charge in [-0.1, -0.05) is 0 Å². The fourth-order valence-corrected chi connectivity index (χ4v) is 3.12. The van der Waals surface area contributed by atoms with Crippen molar-refractivity contribution < 1.29 is 14.2 Å². The molecule has 0 aliphatic heterocycles. The summed E-state index contributed by atoms with van der Waals surface area (Å²) in [7, 11) is 0. The van der Waals surface area contributed by atoms with Crippen LogP contribution in [0, 0.1) is 5.82 Å². The van der Waals surface area contributed by atoms with Gasteiger partial charge in [-0.05, 0) is 68.6 Å². The van der Waals surface area contributed by atoms with Crippen molar-refractivity contribution in [3.63, 3.8) is 0 Å². The molecule has 0 unspecified atom stereocenters. The Balaban J connectivity index is 2.16. The van der Waals surface area contributed by atoms with Gasteiger partial charge in [0.05, 0.1) is 21.2 Å². The first-order chi connectivity index (χ1) is 10.0. The van der Waals surface area contributed by atoms with Crippen molar-refractivity contribution in [3.8, 4) is 11.5 Å². The zero-order valence-electron chi connectivity index (χ0n) is 11.3. The highest BCUT2D eigenvalue weighted by Gasteiger charge is 2.08. The van der Waals surface area contributed by atoms with Crippen LogP contribution in [-0.2, 0) is 6.54 Å². The van der Waals surface area contributed by atoms with Crippen molar-refractivity contribution >= 4 is 37.5 Å². The summed E-state index contributed by atoms with van der Waals surface area (Å²) < 4.78 is 19.9. The molecule has 0 heterocycles. The van der Waals surface area contributed by atoms with Crippen LogP contribution in [0.1, 0.15) is 12.5 Å². The highest BCUT2D eigenvalue weighted by atomic mass is 79.9. The van der Waals surface area contributed by atoms with E-state index in [1.165, 1.54) is 12.1 Å². The third-order valence-electron chi connectivity index (χ3n) is 2.80. The summed E-state index contributed by atoms with van der Waals surface area (Å²) in [6, 6.07) is 8.01. The molecule has 2 aromatic carbocycles. The quantitative estimate of drug-likeness (QED) is 0.712. The van der Waals surface area contributed by atoms with Crippen LogP contribution in [0.5, 0.6) is 11.5 Å². The van der Waals surface area contributed by atoms with Gasteiger partial charge in [0.25, 0.3) is 0 Å². The number of nitrogens with one attached hydrogen (secondary N) is 1. The Morgan fingerprint density at radius 3 is 2.48 bits per heavy atom. The van der Waals surface area contributed by atoms with Crippen molar-refractivity contribution in [2.24, 2.45) is 0 Å². The van der Waals surface area contributed by atoms with Gasteiger partial charge < -0.3 is 15.2 Å². The minimum atomic E-state index is -0.334. The van der Waals surface area contributed by atoms with E-state index in [1.54, 1.807) is 6.07 Å². The molecule has 2 aromatic rings. The van der Waals surface area contributed by atoms with E-state index in [2.05, 4.69) is 37.2 Å². The van der Waals surface area contributed by atoms with Crippen LogP contribution in [0.2, 0.25) is 0 Å². The molecule has 0 aliphatic rings. The Hall–Kier alpha value is -1.27. The lowest BCUT2D eigenvalue weighted by Gasteiger charge is -2.13. The number of halogens is 3. The molecule has 0 atom stereocenters. The van der Waals surface area contributed by atoms with Crippen molar-refractivity contribution in [2.75, 3.05) is 11.9 Å². The van der Waals surface area contributed by atoms with Gasteiger partial charge in [0.15, 0.2) is 0 Å². The lowest BCUT2D eigenvalue weighted by molar-refractivity contribution is 0.340. The number of aromatic hydroxyl groups is 1. The highest BCUT2D eigenvalue weighted by Crippen LogP contribution is 2.34. The Morgan fingerprint density at radius 2 is 1.86 bits per heavy atom. The summed E-state index contributed by atoms with van der Waals surface area (Å²) in [4.78, 5) is 0. The first kappa shape index (κ1) is 16.1. The van der Waals surface area contributed by atoms with E-state index >= 15 is 0 Å². The van der Waals surface area contributed by atoms with E-state index in [-0.39, 0.29) is 11.6 Å². The van der Waals surface area contributed by atoms with Crippen LogP contribution in [0.25, 0.3) is 0 Å². The van der Waals surface area contributed by atoms with Crippen molar-refractivity contribution in [3.05, 3.63) is 50.7 Å². The number of phenolic OH excluding ortho intramolecular Hbond substituents is 1. The molecule has 2 N–H and O–H groups in total. The summed E-state index contributed by atoms with van der Waals surface area (Å²) in [5.74, 6) is 0.309. The van der Waals surface area contributed by atoms with E-state index < -0.39 is 0 Å². The van der Waals surface area contributed by atoms with Gasteiger partial charge in [0.1, 0.15) is 17.3 Å². The number of phenols is 1. The fourth-order valence-electron chi connectivity index (χ4n) is 1.83. The summed E-state index contributed by atoms with van der Waals surface area (Å²) in [6.07, 6.45) is 0. The minimum absolute atomic E-state index is 0.163. The highest BCUT2D eigenvalue weighted by molar-refractivity contribution is 9.11. The van der Waals surface area contributed by atoms with Gasteiger partial charge >= 0.3 is 0 Å². The summed E-state index contributed by atoms with van der Waals surface area (Å²) in [5, 5.41) is 12.9. The third kappa shape index (κ3) is 4.11. The second-order valence-electron chi connectivity index (χ2n) is 4.34. The standard InChI is InChI=1S/C15H14Br2FNO2/c1-2-21-14-7-10(18)3-4-13(14)19-8-9-5-11(16)15(20)12(17)6-9/h3-7,19-20H,2,8H2,1H3. The largest absolute Gasteiger partial charge is 0.506 e. The molecule has 0 bridgehead atoms. The van der Waals surface area contributed by atoms with Crippen LogP contribution in [0.15, 0.2) is 39.3 Å². The van der Waals surface area contributed by atoms with Crippen molar-refractivity contribution in [1.29, 1.82) is 0 Å². The van der Waals surface area contributed by atoms with E-state index in [0.29, 0.717) is 27.8 Å². The molecule has 0 saturated heterocycles. The Bertz CT molecular complexity index is 627. The third-order valence-corrected chi connectivity index (χ3v) is 4.01. The van der Waals surface area contributed by atoms with E-state index in [9.17, 15) is 9.50 Å². The predicted octanol–water partition coefficient (Wildman–Crippen LogP) is 5.07. The summed E-state index contributed by atoms with van der Waals surface area (Å²) in [6.45, 7) is 2.83. The second kappa shape index (κ2) is 7.13. The van der Waals surface area contributed by atoms with Crippen LogP contribution >= 0.6 is 31.9 Å². The number of rotatable bonds is 5. The Labute approximate surface area is 139 Å². The van der Waals surface area contributed by atoms with Gasteiger partial charge in [0, 0.05) is 12.6 Å². The zero-order chi connectivity index (χ0) is 15.4. The van der Waals surface area contributed by atoms with E-state index in [4.69, 9.17) is 4.74 Å². The van der Waals surface area contributed by atoms with Crippen LogP contribution < -0.4 is 10.1 Å². The van der Waals surface area contributed by atoms with Gasteiger partial charge in [-0.3, -0.25) is 0 Å². The Kier molecular flexibility index (Phi) is 5.47. The van der Waals surface area contributed by atoms with Crippen molar-refractivity contribution in [1.82, 2.24) is 0 Å². The number of benzene rings is 2. The van der Waals surface area contributed by atoms with Crippen molar-refractivity contribution in [2.45, 2.75) is 13.5 Å². The molecule has 0 aliphatic carbocycles.